The molecule has 0 saturated carbocycles. The standard InChI is InChI=1S/C17H19ClN4O2/c1-2-21-6-8-22(9-7-21)17-15(11-19)20-16(24-17)12-23-14-5-3-4-13(18)10-14/h3-5,10H,2,6-9,12H2,1H3. The number of nitriles is 1. The van der Waals surface area contributed by atoms with Crippen LogP contribution < -0.4 is 9.64 Å². The van der Waals surface area contributed by atoms with Gasteiger partial charge in [0.25, 0.3) is 0 Å². The maximum Gasteiger partial charge on any atom is 0.236 e. The zero-order chi connectivity index (χ0) is 16.9. The molecule has 0 unspecified atom stereocenters. The molecule has 0 atom stereocenters. The first-order valence-electron chi connectivity index (χ1n) is 7.95. The summed E-state index contributed by atoms with van der Waals surface area (Å²) in [6.45, 7) is 6.90. The van der Waals surface area contributed by atoms with Crippen molar-refractivity contribution >= 4 is 17.5 Å². The van der Waals surface area contributed by atoms with E-state index in [4.69, 9.17) is 20.8 Å². The molecule has 1 saturated heterocycles. The second-order valence-corrected chi connectivity index (χ2v) is 5.98. The van der Waals surface area contributed by atoms with E-state index in [1.165, 1.54) is 0 Å². The summed E-state index contributed by atoms with van der Waals surface area (Å²) in [7, 11) is 0. The summed E-state index contributed by atoms with van der Waals surface area (Å²) in [6, 6.07) is 9.23. The number of benzene rings is 1. The smallest absolute Gasteiger partial charge is 0.236 e. The van der Waals surface area contributed by atoms with Gasteiger partial charge in [0, 0.05) is 31.2 Å². The third-order valence-electron chi connectivity index (χ3n) is 4.02. The highest BCUT2D eigenvalue weighted by Crippen LogP contribution is 2.24. The lowest BCUT2D eigenvalue weighted by molar-refractivity contribution is 0.252. The number of ether oxygens (including phenoxy) is 1. The molecule has 1 aromatic heterocycles. The van der Waals surface area contributed by atoms with Gasteiger partial charge in [0.1, 0.15) is 11.8 Å². The van der Waals surface area contributed by atoms with Gasteiger partial charge in [-0.15, -0.1) is 0 Å². The van der Waals surface area contributed by atoms with E-state index in [-0.39, 0.29) is 6.61 Å². The van der Waals surface area contributed by atoms with Crippen LogP contribution in [0.1, 0.15) is 18.5 Å². The average Bonchev–Trinajstić information content (AvgIpc) is 3.03. The Hall–Kier alpha value is -2.23. The molecule has 3 rings (SSSR count). The summed E-state index contributed by atoms with van der Waals surface area (Å²) in [5.41, 5.74) is 0.310. The van der Waals surface area contributed by atoms with E-state index >= 15 is 0 Å². The first kappa shape index (κ1) is 16.6. The summed E-state index contributed by atoms with van der Waals surface area (Å²) < 4.78 is 11.4. The minimum Gasteiger partial charge on any atom is -0.484 e. The molecular weight excluding hydrogens is 328 g/mol. The molecule has 1 aliphatic heterocycles. The van der Waals surface area contributed by atoms with Gasteiger partial charge >= 0.3 is 0 Å². The molecule has 0 radical (unpaired) electrons. The third kappa shape index (κ3) is 3.81. The lowest BCUT2D eigenvalue weighted by Crippen LogP contribution is -2.46. The SMILES string of the molecule is CCN1CCN(c2oc(COc3cccc(Cl)c3)nc2C#N)CC1. The van der Waals surface area contributed by atoms with Gasteiger partial charge in [-0.1, -0.05) is 24.6 Å². The van der Waals surface area contributed by atoms with Crippen molar-refractivity contribution in [3.63, 3.8) is 0 Å². The Kier molecular flexibility index (Phi) is 5.24. The molecule has 0 spiro atoms. The summed E-state index contributed by atoms with van der Waals surface area (Å²) in [4.78, 5) is 8.67. The predicted molar refractivity (Wildman–Crippen MR) is 91.3 cm³/mol. The maximum absolute atomic E-state index is 9.31. The van der Waals surface area contributed by atoms with Crippen molar-refractivity contribution < 1.29 is 9.15 Å². The molecule has 1 aliphatic rings. The molecule has 1 fully saturated rings. The molecule has 6 nitrogen and oxygen atoms in total. The first-order chi connectivity index (χ1) is 11.7. The van der Waals surface area contributed by atoms with Gasteiger partial charge in [0.2, 0.25) is 17.5 Å². The van der Waals surface area contributed by atoms with E-state index in [1.807, 2.05) is 12.1 Å². The highest BCUT2D eigenvalue weighted by Gasteiger charge is 2.23. The van der Waals surface area contributed by atoms with Crippen molar-refractivity contribution in [2.75, 3.05) is 37.6 Å². The largest absolute Gasteiger partial charge is 0.484 e. The highest BCUT2D eigenvalue weighted by molar-refractivity contribution is 6.30. The number of piperazine rings is 1. The quantitative estimate of drug-likeness (QED) is 0.829. The lowest BCUT2D eigenvalue weighted by Gasteiger charge is -2.33. The molecule has 24 heavy (non-hydrogen) atoms. The fraction of sp³-hybridized carbons (Fsp3) is 0.412. The Morgan fingerprint density at radius 2 is 2.12 bits per heavy atom. The molecular formula is C17H19ClN4O2. The fourth-order valence-corrected chi connectivity index (χ4v) is 2.85. The topological polar surface area (TPSA) is 65.5 Å². The van der Waals surface area contributed by atoms with E-state index in [0.29, 0.717) is 28.2 Å². The maximum atomic E-state index is 9.31. The molecule has 0 N–H and O–H groups in total. The molecule has 2 aromatic rings. The van der Waals surface area contributed by atoms with E-state index < -0.39 is 0 Å². The van der Waals surface area contributed by atoms with Crippen LogP contribution in [0.5, 0.6) is 5.75 Å². The average molecular weight is 347 g/mol. The number of anilines is 1. The Morgan fingerprint density at radius 3 is 2.79 bits per heavy atom. The van der Waals surface area contributed by atoms with Crippen LogP contribution in [0.2, 0.25) is 5.02 Å². The number of halogens is 1. The third-order valence-corrected chi connectivity index (χ3v) is 4.26. The Morgan fingerprint density at radius 1 is 1.33 bits per heavy atom. The van der Waals surface area contributed by atoms with Crippen LogP contribution >= 0.6 is 11.6 Å². The second-order valence-electron chi connectivity index (χ2n) is 5.54. The zero-order valence-electron chi connectivity index (χ0n) is 13.5. The highest BCUT2D eigenvalue weighted by atomic mass is 35.5. The molecule has 2 heterocycles. The van der Waals surface area contributed by atoms with Gasteiger partial charge in [-0.05, 0) is 24.7 Å². The molecule has 0 bridgehead atoms. The van der Waals surface area contributed by atoms with E-state index in [9.17, 15) is 5.26 Å². The van der Waals surface area contributed by atoms with Crippen LogP contribution in [0.3, 0.4) is 0 Å². The molecule has 126 valence electrons. The zero-order valence-corrected chi connectivity index (χ0v) is 14.3. The number of nitrogens with zero attached hydrogens (tertiary/aromatic N) is 4. The van der Waals surface area contributed by atoms with E-state index in [2.05, 4.69) is 27.8 Å². The molecule has 0 aliphatic carbocycles. The Bertz CT molecular complexity index is 732. The number of hydrogen-bond donors (Lipinski definition) is 0. The van der Waals surface area contributed by atoms with Crippen molar-refractivity contribution in [1.29, 1.82) is 5.26 Å². The fourth-order valence-electron chi connectivity index (χ4n) is 2.67. The van der Waals surface area contributed by atoms with Crippen LogP contribution in [0, 0.1) is 11.3 Å². The number of oxazole rings is 1. The van der Waals surface area contributed by atoms with Crippen LogP contribution in [0.4, 0.5) is 5.88 Å². The van der Waals surface area contributed by atoms with Gasteiger partial charge in [0.05, 0.1) is 0 Å². The second kappa shape index (κ2) is 7.56. The summed E-state index contributed by atoms with van der Waals surface area (Å²) in [5.74, 6) is 1.56. The van der Waals surface area contributed by atoms with Crippen LogP contribution in [-0.4, -0.2) is 42.6 Å². The van der Waals surface area contributed by atoms with Gasteiger partial charge in [-0.2, -0.15) is 10.2 Å². The first-order valence-corrected chi connectivity index (χ1v) is 8.33. The van der Waals surface area contributed by atoms with Gasteiger partial charge < -0.3 is 19.0 Å². The number of aromatic nitrogens is 1. The number of likely N-dealkylation sites (N-methyl/N-ethyl adjacent to an activating group) is 1. The Balaban J connectivity index is 1.68. The van der Waals surface area contributed by atoms with Gasteiger partial charge in [0.15, 0.2) is 6.61 Å². The normalized spacial score (nSPS) is 15.3. The van der Waals surface area contributed by atoms with Crippen LogP contribution in [0.15, 0.2) is 28.7 Å². The van der Waals surface area contributed by atoms with Crippen molar-refractivity contribution in [3.8, 4) is 11.8 Å². The summed E-state index contributed by atoms with van der Waals surface area (Å²) in [6.07, 6.45) is 0. The van der Waals surface area contributed by atoms with Crippen LogP contribution in [0.25, 0.3) is 0 Å². The minimum atomic E-state index is 0.157. The van der Waals surface area contributed by atoms with Crippen molar-refractivity contribution in [1.82, 2.24) is 9.88 Å². The summed E-state index contributed by atoms with van der Waals surface area (Å²) >= 11 is 5.93. The van der Waals surface area contributed by atoms with Gasteiger partial charge in [-0.25, -0.2) is 0 Å². The molecule has 7 heteroatoms. The lowest BCUT2D eigenvalue weighted by atomic mass is 10.3. The minimum absolute atomic E-state index is 0.157. The Labute approximate surface area is 146 Å². The van der Waals surface area contributed by atoms with Crippen molar-refractivity contribution in [2.45, 2.75) is 13.5 Å². The molecule has 1 aromatic carbocycles. The number of rotatable bonds is 5. The number of hydrogen-bond acceptors (Lipinski definition) is 6. The van der Waals surface area contributed by atoms with Crippen LogP contribution in [-0.2, 0) is 6.61 Å². The monoisotopic (exact) mass is 346 g/mol. The predicted octanol–water partition coefficient (Wildman–Crippen LogP) is 2.92. The molecule has 0 amide bonds. The van der Waals surface area contributed by atoms with Gasteiger partial charge in [-0.3, -0.25) is 0 Å². The van der Waals surface area contributed by atoms with Crippen molar-refractivity contribution in [2.24, 2.45) is 0 Å². The summed E-state index contributed by atoms with van der Waals surface area (Å²) in [5, 5.41) is 9.92. The van der Waals surface area contributed by atoms with E-state index in [1.54, 1.807) is 12.1 Å². The van der Waals surface area contributed by atoms with Crippen molar-refractivity contribution in [3.05, 3.63) is 40.9 Å². The van der Waals surface area contributed by atoms with E-state index in [0.717, 1.165) is 32.7 Å².